The second-order valence-corrected chi connectivity index (χ2v) is 1.83. The van der Waals surface area contributed by atoms with Gasteiger partial charge in [0.05, 0.1) is 0 Å². The van der Waals surface area contributed by atoms with E-state index in [2.05, 4.69) is 10.6 Å². The summed E-state index contributed by atoms with van der Waals surface area (Å²) in [6, 6.07) is 6.00. The predicted octanol–water partition coefficient (Wildman–Crippen LogP) is 1.77. The van der Waals surface area contributed by atoms with E-state index in [1.807, 2.05) is 0 Å². The van der Waals surface area contributed by atoms with Crippen LogP contribution in [-0.2, 0) is 0 Å². The molecule has 0 aliphatic rings. The van der Waals surface area contributed by atoms with Crippen molar-refractivity contribution < 1.29 is 8.22 Å². The topological polar surface area (TPSA) is 24.1 Å². The van der Waals surface area contributed by atoms with Crippen LogP contribution in [0.4, 0.5) is 11.4 Å². The standard InChI is InChI=1S/C8H12N2/c1-9-7-3-5-8(10-2)6-4-7/h3-6,9-10H,1-2H3/i1D3,2D3. The quantitative estimate of drug-likeness (QED) is 0.657. The Hall–Kier alpha value is -1.18. The van der Waals surface area contributed by atoms with E-state index in [0.717, 1.165) is 0 Å². The summed E-state index contributed by atoms with van der Waals surface area (Å²) in [5, 5.41) is 4.61. The summed E-state index contributed by atoms with van der Waals surface area (Å²) in [6.07, 6.45) is 0. The highest BCUT2D eigenvalue weighted by Crippen LogP contribution is 2.11. The number of nitrogens with one attached hydrogen (secondary N) is 2. The number of rotatable bonds is 2. The van der Waals surface area contributed by atoms with E-state index < -0.39 is 14.0 Å². The molecule has 0 spiro atoms. The normalized spacial score (nSPS) is 20.4. The number of hydrogen-bond donors (Lipinski definition) is 2. The molecule has 1 aromatic carbocycles. The van der Waals surface area contributed by atoms with Gasteiger partial charge in [-0.05, 0) is 24.3 Å². The summed E-state index contributed by atoms with van der Waals surface area (Å²) in [7, 11) is 0. The minimum atomic E-state index is -2.25. The molecule has 1 rings (SSSR count). The van der Waals surface area contributed by atoms with Crippen LogP contribution in [-0.4, -0.2) is 14.0 Å². The van der Waals surface area contributed by atoms with Crippen LogP contribution in [0.1, 0.15) is 8.22 Å². The Balaban J connectivity index is 2.69. The van der Waals surface area contributed by atoms with Gasteiger partial charge >= 0.3 is 0 Å². The van der Waals surface area contributed by atoms with E-state index in [1.54, 1.807) is 0 Å². The maximum absolute atomic E-state index is 6.98. The molecule has 0 aromatic heterocycles. The number of benzene rings is 1. The summed E-state index contributed by atoms with van der Waals surface area (Å²) in [5.41, 5.74) is 0.826. The molecule has 1 aromatic rings. The van der Waals surface area contributed by atoms with Gasteiger partial charge in [-0.2, -0.15) is 0 Å². The van der Waals surface area contributed by atoms with Gasteiger partial charge in [0.1, 0.15) is 0 Å². The summed E-state index contributed by atoms with van der Waals surface area (Å²) in [5.74, 6) is 0. The predicted molar refractivity (Wildman–Crippen MR) is 45.5 cm³/mol. The highest BCUT2D eigenvalue weighted by atomic mass is 14.8. The van der Waals surface area contributed by atoms with Crippen molar-refractivity contribution in [2.24, 2.45) is 0 Å². The van der Waals surface area contributed by atoms with Crippen molar-refractivity contribution in [2.75, 3.05) is 24.6 Å². The first-order valence-electron chi connectivity index (χ1n) is 5.82. The van der Waals surface area contributed by atoms with Gasteiger partial charge in [0.25, 0.3) is 0 Å². The molecule has 0 radical (unpaired) electrons. The van der Waals surface area contributed by atoms with Gasteiger partial charge in [-0.15, -0.1) is 0 Å². The molecule has 0 saturated heterocycles. The van der Waals surface area contributed by atoms with Crippen LogP contribution < -0.4 is 10.6 Å². The van der Waals surface area contributed by atoms with Gasteiger partial charge in [-0.1, -0.05) is 0 Å². The van der Waals surface area contributed by atoms with Gasteiger partial charge in [0.15, 0.2) is 0 Å². The summed E-state index contributed by atoms with van der Waals surface area (Å²) in [4.78, 5) is 0. The third-order valence-electron chi connectivity index (χ3n) is 1.17. The lowest BCUT2D eigenvalue weighted by atomic mass is 10.3. The lowest BCUT2D eigenvalue weighted by Gasteiger charge is -2.01. The van der Waals surface area contributed by atoms with Crippen molar-refractivity contribution in [3.05, 3.63) is 24.3 Å². The lowest BCUT2D eigenvalue weighted by molar-refractivity contribution is 1.47. The molecule has 0 atom stereocenters. The smallest absolute Gasteiger partial charge is 0.0453 e. The van der Waals surface area contributed by atoms with Gasteiger partial charge in [-0.3, -0.25) is 0 Å². The minimum Gasteiger partial charge on any atom is -0.388 e. The molecule has 0 saturated carbocycles. The van der Waals surface area contributed by atoms with E-state index >= 15 is 0 Å². The highest BCUT2D eigenvalue weighted by molar-refractivity contribution is 5.52. The second-order valence-electron chi connectivity index (χ2n) is 1.83. The third-order valence-corrected chi connectivity index (χ3v) is 1.17. The zero-order valence-electron chi connectivity index (χ0n) is 11.3. The second kappa shape index (κ2) is 3.11. The Kier molecular flexibility index (Phi) is 0.763. The first kappa shape index (κ1) is 2.46. The van der Waals surface area contributed by atoms with Gasteiger partial charge in [0, 0.05) is 33.6 Å². The van der Waals surface area contributed by atoms with Crippen molar-refractivity contribution in [3.63, 3.8) is 0 Å². The summed E-state index contributed by atoms with van der Waals surface area (Å²) >= 11 is 0. The van der Waals surface area contributed by atoms with Crippen LogP contribution in [0.2, 0.25) is 0 Å². The molecule has 0 heterocycles. The molecule has 0 amide bonds. The summed E-state index contributed by atoms with van der Waals surface area (Å²) < 4.78 is 41.9. The molecule has 10 heavy (non-hydrogen) atoms. The van der Waals surface area contributed by atoms with Crippen LogP contribution >= 0.6 is 0 Å². The molecule has 0 fully saturated rings. The highest BCUT2D eigenvalue weighted by Gasteiger charge is 1.86. The zero-order chi connectivity index (χ0) is 12.4. The molecular formula is C8H12N2. The molecule has 2 heteroatoms. The maximum atomic E-state index is 6.98. The summed E-state index contributed by atoms with van der Waals surface area (Å²) in [6.45, 7) is -4.50. The Morgan fingerprint density at radius 2 is 1.40 bits per heavy atom. The molecule has 0 aliphatic carbocycles. The lowest BCUT2D eigenvalue weighted by Crippen LogP contribution is -1.89. The van der Waals surface area contributed by atoms with Crippen LogP contribution in [0.25, 0.3) is 0 Å². The number of hydrogen-bond acceptors (Lipinski definition) is 2. The first-order chi connectivity index (χ1) is 7.16. The largest absolute Gasteiger partial charge is 0.388 e. The average molecular weight is 142 g/mol. The fourth-order valence-electron chi connectivity index (χ4n) is 0.637. The SMILES string of the molecule is [2H]C([2H])([2H])Nc1ccc(NC([2H])([2H])[2H])cc1. The Morgan fingerprint density at radius 3 is 1.70 bits per heavy atom. The van der Waals surface area contributed by atoms with Crippen molar-refractivity contribution in [3.8, 4) is 0 Å². The van der Waals surface area contributed by atoms with E-state index in [9.17, 15) is 0 Å². The van der Waals surface area contributed by atoms with Gasteiger partial charge in [-0.25, -0.2) is 0 Å². The van der Waals surface area contributed by atoms with Crippen molar-refractivity contribution >= 4 is 11.4 Å². The van der Waals surface area contributed by atoms with Crippen LogP contribution in [0.5, 0.6) is 0 Å². The first-order valence-corrected chi connectivity index (χ1v) is 2.82. The van der Waals surface area contributed by atoms with E-state index in [1.165, 1.54) is 24.3 Å². The molecular weight excluding hydrogens is 124 g/mol. The van der Waals surface area contributed by atoms with Crippen LogP contribution in [0.3, 0.4) is 0 Å². The number of anilines is 2. The molecule has 54 valence electrons. The third kappa shape index (κ3) is 1.41. The van der Waals surface area contributed by atoms with E-state index in [4.69, 9.17) is 8.22 Å². The van der Waals surface area contributed by atoms with Crippen molar-refractivity contribution in [1.29, 1.82) is 0 Å². The van der Waals surface area contributed by atoms with Gasteiger partial charge in [0.2, 0.25) is 0 Å². The van der Waals surface area contributed by atoms with Crippen molar-refractivity contribution in [2.45, 2.75) is 0 Å². The molecule has 2 nitrogen and oxygen atoms in total. The Morgan fingerprint density at radius 1 is 1.00 bits per heavy atom. The van der Waals surface area contributed by atoms with E-state index in [-0.39, 0.29) is 0 Å². The molecule has 2 N–H and O–H groups in total. The van der Waals surface area contributed by atoms with Gasteiger partial charge < -0.3 is 10.6 Å². The van der Waals surface area contributed by atoms with Crippen LogP contribution in [0, 0.1) is 0 Å². The Labute approximate surface area is 69.7 Å². The molecule has 0 aliphatic heterocycles. The molecule has 0 bridgehead atoms. The van der Waals surface area contributed by atoms with Crippen LogP contribution in [0.15, 0.2) is 24.3 Å². The zero-order valence-corrected chi connectivity index (χ0v) is 5.31. The fourth-order valence-corrected chi connectivity index (χ4v) is 0.637. The maximum Gasteiger partial charge on any atom is 0.0453 e. The monoisotopic (exact) mass is 142 g/mol. The fraction of sp³-hybridized carbons (Fsp3) is 0.250. The Bertz CT molecular complexity index is 304. The van der Waals surface area contributed by atoms with Crippen molar-refractivity contribution in [1.82, 2.24) is 0 Å². The molecule has 0 unspecified atom stereocenters. The minimum absolute atomic E-state index is 0.413. The average Bonchev–Trinajstić information content (AvgIpc) is 2.03. The van der Waals surface area contributed by atoms with E-state index in [0.29, 0.717) is 11.4 Å².